The molecule has 0 aliphatic heterocycles. The average molecular weight is 416 g/mol. The molecule has 0 saturated carbocycles. The van der Waals surface area contributed by atoms with Crippen LogP contribution in [0.3, 0.4) is 0 Å². The predicted octanol–water partition coefficient (Wildman–Crippen LogP) is 4.21. The van der Waals surface area contributed by atoms with Gasteiger partial charge >= 0.3 is 5.63 Å². The van der Waals surface area contributed by atoms with Gasteiger partial charge in [-0.2, -0.15) is 5.26 Å². The molecule has 0 bridgehead atoms. The van der Waals surface area contributed by atoms with Crippen LogP contribution in [-0.4, -0.2) is 21.4 Å². The number of thioether (sulfide) groups is 1. The lowest BCUT2D eigenvalue weighted by Crippen LogP contribution is -2.21. The molecule has 4 rings (SSSR count). The summed E-state index contributed by atoms with van der Waals surface area (Å²) >= 11 is 1.44. The first-order valence-electron chi connectivity index (χ1n) is 9.18. The van der Waals surface area contributed by atoms with E-state index in [4.69, 9.17) is 4.42 Å². The van der Waals surface area contributed by atoms with Crippen molar-refractivity contribution in [2.75, 3.05) is 11.1 Å². The number of hydrogen-bond acceptors (Lipinski definition) is 6. The zero-order valence-electron chi connectivity index (χ0n) is 16.0. The van der Waals surface area contributed by atoms with Crippen LogP contribution in [0.25, 0.3) is 16.7 Å². The van der Waals surface area contributed by atoms with Crippen molar-refractivity contribution in [3.8, 4) is 11.8 Å². The summed E-state index contributed by atoms with van der Waals surface area (Å²) in [5.41, 5.74) is 0.485. The Balaban J connectivity index is 1.76. The molecular formula is C22H16N4O3S. The SMILES string of the molecule is CCSc1c(C#N)c(NC(=O)c2cc3ccccc3oc2=O)nn1-c1ccccc1. The van der Waals surface area contributed by atoms with Crippen LogP contribution in [0.2, 0.25) is 0 Å². The number of carbonyl (C=O) groups excluding carboxylic acids is 1. The van der Waals surface area contributed by atoms with E-state index in [2.05, 4.69) is 16.5 Å². The van der Waals surface area contributed by atoms with E-state index in [1.165, 1.54) is 17.8 Å². The second kappa shape index (κ2) is 8.27. The molecule has 0 aliphatic carbocycles. The van der Waals surface area contributed by atoms with Crippen molar-refractivity contribution in [1.29, 1.82) is 5.26 Å². The molecule has 0 saturated heterocycles. The zero-order valence-corrected chi connectivity index (χ0v) is 16.8. The number of anilines is 1. The second-order valence-corrected chi connectivity index (χ2v) is 7.51. The highest BCUT2D eigenvalue weighted by atomic mass is 32.2. The molecular weight excluding hydrogens is 400 g/mol. The van der Waals surface area contributed by atoms with Crippen LogP contribution < -0.4 is 10.9 Å². The quantitative estimate of drug-likeness (QED) is 0.386. The van der Waals surface area contributed by atoms with E-state index >= 15 is 0 Å². The largest absolute Gasteiger partial charge is 0.422 e. The Morgan fingerprint density at radius 2 is 1.93 bits per heavy atom. The Bertz CT molecular complexity index is 1340. The van der Waals surface area contributed by atoms with Crippen molar-refractivity contribution < 1.29 is 9.21 Å². The van der Waals surface area contributed by atoms with Crippen molar-refractivity contribution in [2.45, 2.75) is 11.9 Å². The molecule has 30 heavy (non-hydrogen) atoms. The molecule has 0 spiro atoms. The molecule has 7 nitrogen and oxygen atoms in total. The Labute approximate surface area is 175 Å². The van der Waals surface area contributed by atoms with E-state index in [9.17, 15) is 14.9 Å². The third-order valence-electron chi connectivity index (χ3n) is 4.35. The van der Waals surface area contributed by atoms with E-state index in [1.807, 2.05) is 37.3 Å². The minimum absolute atomic E-state index is 0.0925. The second-order valence-electron chi connectivity index (χ2n) is 6.26. The van der Waals surface area contributed by atoms with E-state index in [-0.39, 0.29) is 16.9 Å². The Morgan fingerprint density at radius 3 is 2.67 bits per heavy atom. The number of amides is 1. The van der Waals surface area contributed by atoms with Crippen LogP contribution in [-0.2, 0) is 0 Å². The first-order chi connectivity index (χ1) is 14.6. The van der Waals surface area contributed by atoms with Gasteiger partial charge < -0.3 is 9.73 Å². The molecule has 0 atom stereocenters. The van der Waals surface area contributed by atoms with E-state index in [0.29, 0.717) is 16.0 Å². The van der Waals surface area contributed by atoms with Gasteiger partial charge in [-0.15, -0.1) is 16.9 Å². The summed E-state index contributed by atoms with van der Waals surface area (Å²) in [6.45, 7) is 1.96. The van der Waals surface area contributed by atoms with Crippen molar-refractivity contribution in [3.05, 3.63) is 82.2 Å². The summed E-state index contributed by atoms with van der Waals surface area (Å²) in [5.74, 6) is 0.126. The first kappa shape index (κ1) is 19.5. The molecule has 1 N–H and O–H groups in total. The molecule has 0 aliphatic rings. The van der Waals surface area contributed by atoms with Gasteiger partial charge in [-0.3, -0.25) is 4.79 Å². The maximum absolute atomic E-state index is 12.8. The molecule has 0 radical (unpaired) electrons. The zero-order chi connectivity index (χ0) is 21.1. The van der Waals surface area contributed by atoms with Crippen molar-refractivity contribution in [2.24, 2.45) is 0 Å². The number of carbonyl (C=O) groups is 1. The first-order valence-corrected chi connectivity index (χ1v) is 10.2. The van der Waals surface area contributed by atoms with Crippen LogP contribution in [0.4, 0.5) is 5.82 Å². The normalized spacial score (nSPS) is 10.7. The Morgan fingerprint density at radius 1 is 1.20 bits per heavy atom. The number of fused-ring (bicyclic) bond motifs is 1. The summed E-state index contributed by atoms with van der Waals surface area (Å²) in [7, 11) is 0. The number of para-hydroxylation sites is 2. The topological polar surface area (TPSA) is 101 Å². The minimum atomic E-state index is -0.754. The molecule has 0 fully saturated rings. The number of aromatic nitrogens is 2. The number of nitriles is 1. The van der Waals surface area contributed by atoms with Crippen LogP contribution in [0.15, 0.2) is 74.9 Å². The summed E-state index contributed by atoms with van der Waals surface area (Å²) in [5, 5.41) is 18.0. The lowest BCUT2D eigenvalue weighted by Gasteiger charge is -2.05. The highest BCUT2D eigenvalue weighted by Crippen LogP contribution is 2.30. The van der Waals surface area contributed by atoms with E-state index < -0.39 is 11.5 Å². The number of nitrogens with one attached hydrogen (secondary N) is 1. The van der Waals surface area contributed by atoms with E-state index in [0.717, 1.165) is 11.4 Å². The number of benzene rings is 2. The van der Waals surface area contributed by atoms with Crippen molar-refractivity contribution in [1.82, 2.24) is 9.78 Å². The maximum Gasteiger partial charge on any atom is 0.349 e. The highest BCUT2D eigenvalue weighted by molar-refractivity contribution is 7.99. The lowest BCUT2D eigenvalue weighted by molar-refractivity contribution is 0.102. The van der Waals surface area contributed by atoms with Crippen LogP contribution in [0, 0.1) is 11.3 Å². The Kier molecular flexibility index (Phi) is 5.37. The average Bonchev–Trinajstić information content (AvgIpc) is 3.11. The third kappa shape index (κ3) is 3.58. The number of rotatable bonds is 5. The van der Waals surface area contributed by atoms with Crippen LogP contribution >= 0.6 is 11.8 Å². The minimum Gasteiger partial charge on any atom is -0.422 e. The number of nitrogens with zero attached hydrogens (tertiary/aromatic N) is 3. The van der Waals surface area contributed by atoms with Gasteiger partial charge in [0.1, 0.15) is 27.8 Å². The molecule has 0 unspecified atom stereocenters. The van der Waals surface area contributed by atoms with Gasteiger partial charge in [0.2, 0.25) is 0 Å². The Hall–Kier alpha value is -3.83. The molecule has 2 aromatic carbocycles. The van der Waals surface area contributed by atoms with Gasteiger partial charge in [0.25, 0.3) is 5.91 Å². The summed E-state index contributed by atoms with van der Waals surface area (Å²) in [4.78, 5) is 25.1. The molecule has 2 heterocycles. The maximum atomic E-state index is 12.8. The predicted molar refractivity (Wildman–Crippen MR) is 115 cm³/mol. The monoisotopic (exact) mass is 416 g/mol. The molecule has 2 aromatic heterocycles. The third-order valence-corrected chi connectivity index (χ3v) is 5.29. The molecule has 1 amide bonds. The fourth-order valence-electron chi connectivity index (χ4n) is 3.00. The van der Waals surface area contributed by atoms with Gasteiger partial charge in [0, 0.05) is 5.39 Å². The van der Waals surface area contributed by atoms with Gasteiger partial charge in [-0.25, -0.2) is 9.48 Å². The summed E-state index contributed by atoms with van der Waals surface area (Å²) < 4.78 is 6.85. The highest BCUT2D eigenvalue weighted by Gasteiger charge is 2.22. The fourth-order valence-corrected chi connectivity index (χ4v) is 3.83. The molecule has 8 heteroatoms. The van der Waals surface area contributed by atoms with Crippen LogP contribution in [0.5, 0.6) is 0 Å². The molecule has 148 valence electrons. The summed E-state index contributed by atoms with van der Waals surface area (Å²) in [6, 6.07) is 19.8. The van der Waals surface area contributed by atoms with Crippen LogP contribution in [0.1, 0.15) is 22.8 Å². The van der Waals surface area contributed by atoms with Crippen molar-refractivity contribution in [3.63, 3.8) is 0 Å². The van der Waals surface area contributed by atoms with Gasteiger partial charge in [-0.1, -0.05) is 43.3 Å². The fraction of sp³-hybridized carbons (Fsp3) is 0.0909. The summed E-state index contributed by atoms with van der Waals surface area (Å²) in [6.07, 6.45) is 0. The smallest absolute Gasteiger partial charge is 0.349 e. The lowest BCUT2D eigenvalue weighted by atomic mass is 10.2. The number of hydrogen-bond donors (Lipinski definition) is 1. The molecule has 4 aromatic rings. The van der Waals surface area contributed by atoms with Gasteiger partial charge in [0.15, 0.2) is 5.82 Å². The standard InChI is InChI=1S/C22H16N4O3S/c1-2-30-21-17(13-23)19(25-26(21)15-9-4-3-5-10-15)24-20(27)16-12-14-8-6-7-11-18(14)29-22(16)28/h3-12H,2H2,1H3,(H,24,25,27). The van der Waals surface area contributed by atoms with Gasteiger partial charge in [0.05, 0.1) is 5.69 Å². The van der Waals surface area contributed by atoms with Crippen molar-refractivity contribution >= 4 is 34.5 Å². The van der Waals surface area contributed by atoms with E-state index in [1.54, 1.807) is 28.9 Å². The van der Waals surface area contributed by atoms with Gasteiger partial charge in [-0.05, 0) is 30.0 Å².